The summed E-state index contributed by atoms with van der Waals surface area (Å²) in [7, 11) is 0. The largest absolute Gasteiger partial charge is 0.494 e. The van der Waals surface area contributed by atoms with Gasteiger partial charge in [-0.3, -0.25) is 0 Å². The zero-order valence-electron chi connectivity index (χ0n) is 10.5. The van der Waals surface area contributed by atoms with E-state index >= 15 is 0 Å². The number of rotatable bonds is 6. The summed E-state index contributed by atoms with van der Waals surface area (Å²) in [4.78, 5) is 0. The molecule has 0 aliphatic rings. The summed E-state index contributed by atoms with van der Waals surface area (Å²) in [6.45, 7) is 12.7. The molecule has 1 aromatic rings. The summed E-state index contributed by atoms with van der Waals surface area (Å²) in [6.07, 6.45) is 0. The fraction of sp³-hybridized carbons (Fsp3) is 0.429. The molecule has 1 N–H and O–H groups in total. The molecule has 0 heterocycles. The van der Waals surface area contributed by atoms with E-state index in [1.54, 1.807) is 0 Å². The molecule has 0 aliphatic carbocycles. The smallest absolute Gasteiger partial charge is 0.119 e. The normalized spacial score (nSPS) is 10.2. The van der Waals surface area contributed by atoms with Gasteiger partial charge < -0.3 is 10.1 Å². The van der Waals surface area contributed by atoms with Gasteiger partial charge in [-0.15, -0.1) is 0 Å². The zero-order valence-corrected chi connectivity index (χ0v) is 10.5. The number of nitrogens with one attached hydrogen (secondary N) is 1. The van der Waals surface area contributed by atoms with Crippen LogP contribution in [0.15, 0.2) is 24.8 Å². The van der Waals surface area contributed by atoms with E-state index in [2.05, 4.69) is 43.9 Å². The molecule has 0 aromatic heterocycles. The van der Waals surface area contributed by atoms with Crippen LogP contribution in [0.3, 0.4) is 0 Å². The molecular weight excluding hydrogens is 198 g/mol. The van der Waals surface area contributed by atoms with Gasteiger partial charge in [0.15, 0.2) is 0 Å². The summed E-state index contributed by atoms with van der Waals surface area (Å²) in [5.74, 6) is 0.762. The molecule has 88 valence electrons. The summed E-state index contributed by atoms with van der Waals surface area (Å²) < 4.78 is 5.45. The van der Waals surface area contributed by atoms with Gasteiger partial charge in [-0.2, -0.15) is 0 Å². The predicted molar refractivity (Wildman–Crippen MR) is 69.2 cm³/mol. The van der Waals surface area contributed by atoms with Crippen molar-refractivity contribution < 1.29 is 4.74 Å². The van der Waals surface area contributed by atoms with Crippen molar-refractivity contribution in [1.29, 1.82) is 0 Å². The highest BCUT2D eigenvalue weighted by Gasteiger charge is 2.04. The summed E-state index contributed by atoms with van der Waals surface area (Å²) in [5.41, 5.74) is 3.58. The van der Waals surface area contributed by atoms with E-state index in [1.165, 1.54) is 11.1 Å². The monoisotopic (exact) mass is 219 g/mol. The SMILES string of the molecule is C=C(OCC)c1cc(CNCC)ccc1C. The van der Waals surface area contributed by atoms with Gasteiger partial charge in [0.1, 0.15) is 5.76 Å². The number of hydrogen-bond donors (Lipinski definition) is 1. The minimum Gasteiger partial charge on any atom is -0.494 e. The van der Waals surface area contributed by atoms with E-state index in [4.69, 9.17) is 4.74 Å². The molecular formula is C14H21NO. The first-order valence-corrected chi connectivity index (χ1v) is 5.81. The molecule has 1 aromatic carbocycles. The third-order valence-corrected chi connectivity index (χ3v) is 2.50. The zero-order chi connectivity index (χ0) is 12.0. The van der Waals surface area contributed by atoms with Gasteiger partial charge in [0, 0.05) is 12.1 Å². The lowest BCUT2D eigenvalue weighted by molar-refractivity contribution is 0.299. The second-order valence-electron chi connectivity index (χ2n) is 3.79. The highest BCUT2D eigenvalue weighted by molar-refractivity contribution is 5.61. The molecule has 0 atom stereocenters. The van der Waals surface area contributed by atoms with E-state index in [1.807, 2.05) is 6.92 Å². The molecule has 0 bridgehead atoms. The maximum atomic E-state index is 5.45. The Labute approximate surface area is 98.3 Å². The maximum absolute atomic E-state index is 5.45. The lowest BCUT2D eigenvalue weighted by Gasteiger charge is -2.12. The van der Waals surface area contributed by atoms with Gasteiger partial charge in [0.05, 0.1) is 6.61 Å². The van der Waals surface area contributed by atoms with Gasteiger partial charge >= 0.3 is 0 Å². The van der Waals surface area contributed by atoms with E-state index in [-0.39, 0.29) is 0 Å². The minimum atomic E-state index is 0.662. The minimum absolute atomic E-state index is 0.662. The highest BCUT2D eigenvalue weighted by atomic mass is 16.5. The standard InChI is InChI=1S/C14H21NO/c1-5-15-10-13-8-7-11(3)14(9-13)12(4)16-6-2/h7-9,15H,4-6,10H2,1-3H3. The lowest BCUT2D eigenvalue weighted by Crippen LogP contribution is -2.12. The number of hydrogen-bond acceptors (Lipinski definition) is 2. The predicted octanol–water partition coefficient (Wildman–Crippen LogP) is 3.11. The number of ether oxygens (including phenoxy) is 1. The molecule has 0 fully saturated rings. The van der Waals surface area contributed by atoms with Crippen LogP contribution >= 0.6 is 0 Å². The van der Waals surface area contributed by atoms with Crippen molar-refractivity contribution in [2.45, 2.75) is 27.3 Å². The van der Waals surface area contributed by atoms with Crippen LogP contribution in [-0.4, -0.2) is 13.2 Å². The van der Waals surface area contributed by atoms with Gasteiger partial charge in [-0.25, -0.2) is 0 Å². The van der Waals surface area contributed by atoms with E-state index in [9.17, 15) is 0 Å². The van der Waals surface area contributed by atoms with Gasteiger partial charge in [-0.1, -0.05) is 25.6 Å². The molecule has 1 rings (SSSR count). The van der Waals surface area contributed by atoms with Crippen LogP contribution in [0.4, 0.5) is 0 Å². The average Bonchev–Trinajstić information content (AvgIpc) is 2.28. The van der Waals surface area contributed by atoms with Crippen LogP contribution in [0.5, 0.6) is 0 Å². The Balaban J connectivity index is 2.85. The van der Waals surface area contributed by atoms with Crippen molar-refractivity contribution in [3.8, 4) is 0 Å². The Morgan fingerprint density at radius 1 is 1.38 bits per heavy atom. The molecule has 0 saturated carbocycles. The fourth-order valence-corrected chi connectivity index (χ4v) is 1.60. The average molecular weight is 219 g/mol. The third-order valence-electron chi connectivity index (χ3n) is 2.50. The van der Waals surface area contributed by atoms with Crippen LogP contribution < -0.4 is 5.32 Å². The molecule has 2 heteroatoms. The fourth-order valence-electron chi connectivity index (χ4n) is 1.60. The van der Waals surface area contributed by atoms with Crippen molar-refractivity contribution in [3.63, 3.8) is 0 Å². The Morgan fingerprint density at radius 2 is 2.12 bits per heavy atom. The van der Waals surface area contributed by atoms with Crippen molar-refractivity contribution in [2.75, 3.05) is 13.2 Å². The van der Waals surface area contributed by atoms with Gasteiger partial charge in [0.25, 0.3) is 0 Å². The topological polar surface area (TPSA) is 21.3 Å². The maximum Gasteiger partial charge on any atom is 0.119 e. The molecule has 0 amide bonds. The van der Waals surface area contributed by atoms with Crippen LogP contribution in [0.2, 0.25) is 0 Å². The molecule has 2 nitrogen and oxygen atoms in total. The van der Waals surface area contributed by atoms with Gasteiger partial charge in [-0.05, 0) is 37.6 Å². The van der Waals surface area contributed by atoms with Crippen LogP contribution in [-0.2, 0) is 11.3 Å². The number of aryl methyl sites for hydroxylation is 1. The molecule has 0 unspecified atom stereocenters. The summed E-state index contributed by atoms with van der Waals surface area (Å²) in [5, 5.41) is 3.31. The Morgan fingerprint density at radius 3 is 2.75 bits per heavy atom. The van der Waals surface area contributed by atoms with E-state index in [0.717, 1.165) is 24.4 Å². The van der Waals surface area contributed by atoms with Crippen LogP contribution in [0, 0.1) is 6.92 Å². The van der Waals surface area contributed by atoms with Crippen molar-refractivity contribution in [1.82, 2.24) is 5.32 Å². The highest BCUT2D eigenvalue weighted by Crippen LogP contribution is 2.20. The van der Waals surface area contributed by atoms with E-state index in [0.29, 0.717) is 6.61 Å². The number of benzene rings is 1. The second kappa shape index (κ2) is 6.33. The van der Waals surface area contributed by atoms with Crippen molar-refractivity contribution in [3.05, 3.63) is 41.5 Å². The summed E-state index contributed by atoms with van der Waals surface area (Å²) in [6, 6.07) is 6.41. The quantitative estimate of drug-likeness (QED) is 0.742. The molecule has 0 spiro atoms. The molecule has 0 saturated heterocycles. The molecule has 16 heavy (non-hydrogen) atoms. The second-order valence-corrected chi connectivity index (χ2v) is 3.79. The van der Waals surface area contributed by atoms with E-state index < -0.39 is 0 Å². The Kier molecular flexibility index (Phi) is 5.06. The van der Waals surface area contributed by atoms with Crippen LogP contribution in [0.25, 0.3) is 5.76 Å². The van der Waals surface area contributed by atoms with Crippen LogP contribution in [0.1, 0.15) is 30.5 Å². The first kappa shape index (κ1) is 12.8. The summed E-state index contributed by atoms with van der Waals surface area (Å²) >= 11 is 0. The van der Waals surface area contributed by atoms with Crippen molar-refractivity contribution >= 4 is 5.76 Å². The first-order valence-electron chi connectivity index (χ1n) is 5.81. The van der Waals surface area contributed by atoms with Gasteiger partial charge in [0.2, 0.25) is 0 Å². The Bertz CT molecular complexity index is 358. The molecule has 0 aliphatic heterocycles. The Hall–Kier alpha value is -1.28. The third kappa shape index (κ3) is 3.38. The first-order chi connectivity index (χ1) is 7.69. The molecule has 0 radical (unpaired) electrons. The lowest BCUT2D eigenvalue weighted by atomic mass is 10.0. The van der Waals surface area contributed by atoms with Crippen molar-refractivity contribution in [2.24, 2.45) is 0 Å².